The van der Waals surface area contributed by atoms with Gasteiger partial charge in [-0.3, -0.25) is 0 Å². The van der Waals surface area contributed by atoms with Crippen LogP contribution in [0.25, 0.3) is 0 Å². The lowest BCUT2D eigenvalue weighted by molar-refractivity contribution is 0.679. The van der Waals surface area contributed by atoms with Gasteiger partial charge in [0.2, 0.25) is 0 Å². The lowest BCUT2D eigenvalue weighted by Crippen LogP contribution is -2.27. The molecule has 0 spiro atoms. The van der Waals surface area contributed by atoms with Crippen LogP contribution in [0.3, 0.4) is 0 Å². The van der Waals surface area contributed by atoms with Crippen LogP contribution in [0.2, 0.25) is 0 Å². The van der Waals surface area contributed by atoms with E-state index in [2.05, 4.69) is 10.9 Å². The molecule has 0 radical (unpaired) electrons. The molecular weight excluding hydrogens is 114 g/mol. The molecule has 0 saturated carbocycles. The fourth-order valence-electron chi connectivity index (χ4n) is 0.447. The van der Waals surface area contributed by atoms with E-state index in [1.165, 1.54) is 5.57 Å². The average Bonchev–Trinajstić information content (AvgIpc) is 1.87. The van der Waals surface area contributed by atoms with Gasteiger partial charge < -0.3 is 11.2 Å². The molecule has 0 aliphatic carbocycles. The van der Waals surface area contributed by atoms with Crippen molar-refractivity contribution in [1.29, 1.82) is 0 Å². The van der Waals surface area contributed by atoms with Gasteiger partial charge in [0.15, 0.2) is 0 Å². The maximum Gasteiger partial charge on any atom is 0.0232 e. The highest BCUT2D eigenvalue weighted by Gasteiger charge is 1.89. The Kier molecular flexibility index (Phi) is 4.09. The van der Waals surface area contributed by atoms with Crippen LogP contribution in [-0.2, 0) is 0 Å². The summed E-state index contributed by atoms with van der Waals surface area (Å²) in [5.74, 6) is 0. The number of rotatable bonds is 3. The molecule has 0 bridgehead atoms. The van der Waals surface area contributed by atoms with E-state index in [1.807, 2.05) is 20.9 Å². The van der Waals surface area contributed by atoms with E-state index in [9.17, 15) is 0 Å². The predicted octanol–water partition coefficient (Wildman–Crippen LogP) is -0.0370. The van der Waals surface area contributed by atoms with Crippen molar-refractivity contribution in [1.82, 2.24) is 10.9 Å². The molecule has 3 heteroatoms. The normalized spacial score (nSPS) is 12.9. The van der Waals surface area contributed by atoms with E-state index >= 15 is 0 Å². The second-order valence-corrected chi connectivity index (χ2v) is 1.98. The Labute approximate surface area is 56.3 Å². The Hall–Kier alpha value is -0.540. The first kappa shape index (κ1) is 8.46. The SMILES string of the molecule is CNN/C(C)=C(\C)CN. The van der Waals surface area contributed by atoms with Crippen molar-refractivity contribution in [3.63, 3.8) is 0 Å². The zero-order valence-electron chi connectivity index (χ0n) is 6.28. The van der Waals surface area contributed by atoms with E-state index < -0.39 is 0 Å². The highest BCUT2D eigenvalue weighted by atomic mass is 15.3. The lowest BCUT2D eigenvalue weighted by atomic mass is 10.2. The standard InChI is InChI=1S/C6H15N3/c1-5(4-7)6(2)9-8-3/h8-9H,4,7H2,1-3H3/b6-5+. The molecule has 0 heterocycles. The second kappa shape index (κ2) is 4.35. The lowest BCUT2D eigenvalue weighted by Gasteiger charge is -2.06. The summed E-state index contributed by atoms with van der Waals surface area (Å²) in [7, 11) is 1.83. The van der Waals surface area contributed by atoms with Gasteiger partial charge in [-0.2, -0.15) is 0 Å². The Bertz CT molecular complexity index is 107. The molecule has 0 rings (SSSR count). The van der Waals surface area contributed by atoms with Crippen molar-refractivity contribution in [3.8, 4) is 0 Å². The summed E-state index contributed by atoms with van der Waals surface area (Å²) in [5, 5.41) is 0. The fourth-order valence-corrected chi connectivity index (χ4v) is 0.447. The Morgan fingerprint density at radius 1 is 1.44 bits per heavy atom. The molecule has 0 unspecified atom stereocenters. The Balaban J connectivity index is 3.78. The first-order valence-electron chi connectivity index (χ1n) is 3.01. The van der Waals surface area contributed by atoms with Gasteiger partial charge >= 0.3 is 0 Å². The molecule has 54 valence electrons. The summed E-state index contributed by atoms with van der Waals surface area (Å²) in [6.07, 6.45) is 0. The first-order valence-corrected chi connectivity index (χ1v) is 3.01. The van der Waals surface area contributed by atoms with Crippen LogP contribution < -0.4 is 16.6 Å². The monoisotopic (exact) mass is 129 g/mol. The molecule has 0 saturated heterocycles. The highest BCUT2D eigenvalue weighted by molar-refractivity contribution is 5.07. The zero-order chi connectivity index (χ0) is 7.28. The largest absolute Gasteiger partial charge is 0.327 e. The first-order chi connectivity index (χ1) is 4.22. The van der Waals surface area contributed by atoms with Crippen molar-refractivity contribution >= 4 is 0 Å². The third-order valence-corrected chi connectivity index (χ3v) is 1.26. The molecule has 0 aromatic heterocycles. The van der Waals surface area contributed by atoms with E-state index in [0.29, 0.717) is 6.54 Å². The summed E-state index contributed by atoms with van der Waals surface area (Å²) in [5.41, 5.74) is 13.4. The number of hydrogen-bond acceptors (Lipinski definition) is 3. The summed E-state index contributed by atoms with van der Waals surface area (Å²) in [6.45, 7) is 4.60. The van der Waals surface area contributed by atoms with Gasteiger partial charge in [0.05, 0.1) is 0 Å². The number of nitrogens with one attached hydrogen (secondary N) is 2. The number of hydrogen-bond donors (Lipinski definition) is 3. The van der Waals surface area contributed by atoms with Crippen molar-refractivity contribution in [2.75, 3.05) is 13.6 Å². The van der Waals surface area contributed by atoms with Gasteiger partial charge in [-0.1, -0.05) is 0 Å². The van der Waals surface area contributed by atoms with Gasteiger partial charge in [-0.15, -0.1) is 0 Å². The minimum absolute atomic E-state index is 0.612. The van der Waals surface area contributed by atoms with Crippen molar-refractivity contribution < 1.29 is 0 Å². The number of nitrogens with two attached hydrogens (primary N) is 1. The van der Waals surface area contributed by atoms with Gasteiger partial charge in [0, 0.05) is 19.3 Å². The maximum absolute atomic E-state index is 5.38. The smallest absolute Gasteiger partial charge is 0.0232 e. The average molecular weight is 129 g/mol. The van der Waals surface area contributed by atoms with Crippen LogP contribution in [0.4, 0.5) is 0 Å². The van der Waals surface area contributed by atoms with Crippen molar-refractivity contribution in [2.45, 2.75) is 13.8 Å². The minimum atomic E-state index is 0.612. The number of hydrazine groups is 1. The van der Waals surface area contributed by atoms with Crippen molar-refractivity contribution in [2.24, 2.45) is 5.73 Å². The number of allylic oxidation sites excluding steroid dienone is 1. The predicted molar refractivity (Wildman–Crippen MR) is 39.6 cm³/mol. The van der Waals surface area contributed by atoms with Crippen LogP contribution >= 0.6 is 0 Å². The third kappa shape index (κ3) is 3.11. The Morgan fingerprint density at radius 3 is 2.33 bits per heavy atom. The summed E-state index contributed by atoms with van der Waals surface area (Å²) in [6, 6.07) is 0. The van der Waals surface area contributed by atoms with Crippen LogP contribution in [0, 0.1) is 0 Å². The summed E-state index contributed by atoms with van der Waals surface area (Å²) < 4.78 is 0. The molecule has 3 nitrogen and oxygen atoms in total. The minimum Gasteiger partial charge on any atom is -0.327 e. The molecule has 9 heavy (non-hydrogen) atoms. The summed E-state index contributed by atoms with van der Waals surface area (Å²) >= 11 is 0. The molecule has 0 amide bonds. The van der Waals surface area contributed by atoms with E-state index in [0.717, 1.165) is 5.70 Å². The van der Waals surface area contributed by atoms with E-state index in [1.54, 1.807) is 0 Å². The van der Waals surface area contributed by atoms with E-state index in [-0.39, 0.29) is 0 Å². The molecule has 0 aliphatic heterocycles. The van der Waals surface area contributed by atoms with Crippen LogP contribution in [0.1, 0.15) is 13.8 Å². The quantitative estimate of drug-likeness (QED) is 0.469. The Morgan fingerprint density at radius 2 is 2.00 bits per heavy atom. The van der Waals surface area contributed by atoms with Crippen LogP contribution in [0.15, 0.2) is 11.3 Å². The fraction of sp³-hybridized carbons (Fsp3) is 0.667. The molecule has 0 aliphatic rings. The highest BCUT2D eigenvalue weighted by Crippen LogP contribution is 1.93. The van der Waals surface area contributed by atoms with Gasteiger partial charge in [0.1, 0.15) is 0 Å². The van der Waals surface area contributed by atoms with E-state index in [4.69, 9.17) is 5.73 Å². The summed E-state index contributed by atoms with van der Waals surface area (Å²) in [4.78, 5) is 0. The van der Waals surface area contributed by atoms with Crippen LogP contribution in [-0.4, -0.2) is 13.6 Å². The topological polar surface area (TPSA) is 50.1 Å². The zero-order valence-corrected chi connectivity index (χ0v) is 6.28. The maximum atomic E-state index is 5.38. The molecule has 0 fully saturated rings. The molecule has 0 aromatic rings. The van der Waals surface area contributed by atoms with Gasteiger partial charge in [0.25, 0.3) is 0 Å². The molecule has 0 atom stereocenters. The molecule has 0 aromatic carbocycles. The second-order valence-electron chi connectivity index (χ2n) is 1.98. The van der Waals surface area contributed by atoms with Crippen LogP contribution in [0.5, 0.6) is 0 Å². The van der Waals surface area contributed by atoms with Crippen molar-refractivity contribution in [3.05, 3.63) is 11.3 Å². The van der Waals surface area contributed by atoms with Gasteiger partial charge in [-0.25, -0.2) is 5.43 Å². The molecule has 4 N–H and O–H groups in total. The van der Waals surface area contributed by atoms with Gasteiger partial charge in [-0.05, 0) is 19.4 Å². The molecular formula is C6H15N3. The third-order valence-electron chi connectivity index (χ3n) is 1.26.